The number of piperidine rings is 1. The van der Waals surface area contributed by atoms with E-state index in [2.05, 4.69) is 4.98 Å². The van der Waals surface area contributed by atoms with Gasteiger partial charge >= 0.3 is 5.69 Å². The first kappa shape index (κ1) is 14.7. The molecule has 0 atom stereocenters. The van der Waals surface area contributed by atoms with E-state index in [4.69, 9.17) is 9.84 Å². The van der Waals surface area contributed by atoms with Crippen molar-refractivity contribution < 1.29 is 14.8 Å². The summed E-state index contributed by atoms with van der Waals surface area (Å²) in [5.41, 5.74) is 0.709. The molecule has 20 heavy (non-hydrogen) atoms. The van der Waals surface area contributed by atoms with E-state index in [0.717, 1.165) is 12.8 Å². The van der Waals surface area contributed by atoms with E-state index in [1.807, 2.05) is 4.90 Å². The fraction of sp³-hybridized carbons (Fsp3) is 0.615. The normalized spacial score (nSPS) is 16.4. The first-order valence-electron chi connectivity index (χ1n) is 6.71. The van der Waals surface area contributed by atoms with Crippen molar-refractivity contribution in [2.75, 3.05) is 31.2 Å². The summed E-state index contributed by atoms with van der Waals surface area (Å²) < 4.78 is 5.49. The maximum Gasteiger partial charge on any atom is 0.314 e. The second-order valence-electron chi connectivity index (χ2n) is 4.84. The first-order chi connectivity index (χ1) is 9.63. The van der Waals surface area contributed by atoms with Crippen LogP contribution in [0.5, 0.6) is 0 Å². The quantitative estimate of drug-likeness (QED) is 0.646. The van der Waals surface area contributed by atoms with Gasteiger partial charge in [-0.05, 0) is 25.8 Å². The summed E-state index contributed by atoms with van der Waals surface area (Å²) in [6.45, 7) is 3.43. The van der Waals surface area contributed by atoms with Crippen molar-refractivity contribution in [3.05, 3.63) is 27.9 Å². The SMILES string of the molecule is Cc1ccnc(N2CCC(OCCO)CC2)c1[N+](=O)[O-]. The third kappa shape index (κ3) is 3.23. The van der Waals surface area contributed by atoms with Gasteiger partial charge in [0.15, 0.2) is 0 Å². The molecule has 0 bridgehead atoms. The predicted molar refractivity (Wildman–Crippen MR) is 73.9 cm³/mol. The van der Waals surface area contributed by atoms with E-state index in [0.29, 0.717) is 31.1 Å². The summed E-state index contributed by atoms with van der Waals surface area (Å²) in [6.07, 6.45) is 3.29. The summed E-state index contributed by atoms with van der Waals surface area (Å²) in [7, 11) is 0. The number of aromatic nitrogens is 1. The fourth-order valence-corrected chi connectivity index (χ4v) is 2.45. The van der Waals surface area contributed by atoms with Gasteiger partial charge in [-0.25, -0.2) is 4.98 Å². The third-order valence-electron chi connectivity index (χ3n) is 3.48. The van der Waals surface area contributed by atoms with Crippen LogP contribution in [0, 0.1) is 17.0 Å². The molecular formula is C13H19N3O4. The van der Waals surface area contributed by atoms with Crippen molar-refractivity contribution in [2.45, 2.75) is 25.9 Å². The standard InChI is InChI=1S/C13H19N3O4/c1-10-2-5-14-13(12(10)16(18)19)15-6-3-11(4-7-15)20-9-8-17/h2,5,11,17H,3-4,6-9H2,1H3. The van der Waals surface area contributed by atoms with E-state index in [1.54, 1.807) is 19.2 Å². The van der Waals surface area contributed by atoms with Crippen LogP contribution in [0.2, 0.25) is 0 Å². The van der Waals surface area contributed by atoms with E-state index in [-0.39, 0.29) is 23.3 Å². The number of aryl methyl sites for hydroxylation is 1. The minimum absolute atomic E-state index is 0.0190. The maximum atomic E-state index is 11.2. The van der Waals surface area contributed by atoms with E-state index >= 15 is 0 Å². The molecule has 1 aliphatic heterocycles. The molecule has 1 aromatic rings. The van der Waals surface area contributed by atoms with Crippen LogP contribution < -0.4 is 4.90 Å². The summed E-state index contributed by atoms with van der Waals surface area (Å²) in [6, 6.07) is 1.65. The van der Waals surface area contributed by atoms with Crippen LogP contribution in [0.1, 0.15) is 18.4 Å². The Morgan fingerprint density at radius 3 is 2.85 bits per heavy atom. The zero-order valence-corrected chi connectivity index (χ0v) is 11.5. The van der Waals surface area contributed by atoms with Gasteiger partial charge < -0.3 is 14.7 Å². The Hall–Kier alpha value is -1.73. The summed E-state index contributed by atoms with van der Waals surface area (Å²) in [5.74, 6) is 0.440. The van der Waals surface area contributed by atoms with Crippen LogP contribution in [0.4, 0.5) is 11.5 Å². The third-order valence-corrected chi connectivity index (χ3v) is 3.48. The molecule has 1 N–H and O–H groups in total. The van der Waals surface area contributed by atoms with Gasteiger partial charge in [0.2, 0.25) is 5.82 Å². The molecule has 0 aromatic carbocycles. The zero-order valence-electron chi connectivity index (χ0n) is 11.5. The lowest BCUT2D eigenvalue weighted by molar-refractivity contribution is -0.384. The summed E-state index contributed by atoms with van der Waals surface area (Å²) in [5, 5.41) is 19.9. The molecule has 7 heteroatoms. The van der Waals surface area contributed by atoms with Crippen LogP contribution in [-0.2, 0) is 4.74 Å². The van der Waals surface area contributed by atoms with Crippen molar-refractivity contribution in [2.24, 2.45) is 0 Å². The first-order valence-corrected chi connectivity index (χ1v) is 6.71. The Kier molecular flexibility index (Phi) is 4.86. The molecule has 0 radical (unpaired) electrons. The smallest absolute Gasteiger partial charge is 0.314 e. The van der Waals surface area contributed by atoms with Crippen molar-refractivity contribution >= 4 is 11.5 Å². The summed E-state index contributed by atoms with van der Waals surface area (Å²) in [4.78, 5) is 16.9. The molecule has 1 fully saturated rings. The van der Waals surface area contributed by atoms with Crippen LogP contribution in [0.25, 0.3) is 0 Å². The number of rotatable bonds is 5. The molecule has 0 amide bonds. The highest BCUT2D eigenvalue weighted by Crippen LogP contribution is 2.31. The molecule has 0 saturated carbocycles. The van der Waals surface area contributed by atoms with Crippen LogP contribution >= 0.6 is 0 Å². The molecule has 1 saturated heterocycles. The Labute approximate surface area is 117 Å². The zero-order chi connectivity index (χ0) is 14.5. The van der Waals surface area contributed by atoms with E-state index < -0.39 is 0 Å². The van der Waals surface area contributed by atoms with Gasteiger partial charge in [0.1, 0.15) is 0 Å². The van der Waals surface area contributed by atoms with Gasteiger partial charge in [-0.3, -0.25) is 10.1 Å². The van der Waals surface area contributed by atoms with Gasteiger partial charge in [-0.2, -0.15) is 0 Å². The average Bonchev–Trinajstić information content (AvgIpc) is 2.45. The molecule has 0 aliphatic carbocycles. The molecule has 110 valence electrons. The lowest BCUT2D eigenvalue weighted by atomic mass is 10.1. The van der Waals surface area contributed by atoms with Gasteiger partial charge in [0.25, 0.3) is 0 Å². The van der Waals surface area contributed by atoms with Crippen molar-refractivity contribution in [1.29, 1.82) is 0 Å². The van der Waals surface area contributed by atoms with Crippen LogP contribution in [0.3, 0.4) is 0 Å². The van der Waals surface area contributed by atoms with Crippen molar-refractivity contribution in [1.82, 2.24) is 4.98 Å². The lowest BCUT2D eigenvalue weighted by Gasteiger charge is -2.32. The fourth-order valence-electron chi connectivity index (χ4n) is 2.45. The van der Waals surface area contributed by atoms with E-state index in [1.165, 1.54) is 0 Å². The van der Waals surface area contributed by atoms with Crippen LogP contribution in [0.15, 0.2) is 12.3 Å². The number of nitro groups is 1. The second-order valence-corrected chi connectivity index (χ2v) is 4.84. The Bertz CT molecular complexity index is 473. The number of aliphatic hydroxyl groups is 1. The largest absolute Gasteiger partial charge is 0.394 e. The minimum atomic E-state index is -0.369. The van der Waals surface area contributed by atoms with Gasteiger partial charge in [0, 0.05) is 24.8 Å². The van der Waals surface area contributed by atoms with Gasteiger partial charge in [-0.1, -0.05) is 0 Å². The van der Waals surface area contributed by atoms with Crippen LogP contribution in [-0.4, -0.2) is 47.4 Å². The predicted octanol–water partition coefficient (Wildman–Crippen LogP) is 1.28. The number of hydrogen-bond acceptors (Lipinski definition) is 6. The Balaban J connectivity index is 2.07. The molecule has 0 spiro atoms. The topological polar surface area (TPSA) is 88.7 Å². The number of anilines is 1. The highest BCUT2D eigenvalue weighted by atomic mass is 16.6. The van der Waals surface area contributed by atoms with Crippen molar-refractivity contribution in [3.63, 3.8) is 0 Å². The lowest BCUT2D eigenvalue weighted by Crippen LogP contribution is -2.38. The minimum Gasteiger partial charge on any atom is -0.394 e. The highest BCUT2D eigenvalue weighted by Gasteiger charge is 2.27. The van der Waals surface area contributed by atoms with E-state index in [9.17, 15) is 10.1 Å². The molecular weight excluding hydrogens is 262 g/mol. The van der Waals surface area contributed by atoms with Crippen molar-refractivity contribution in [3.8, 4) is 0 Å². The second kappa shape index (κ2) is 6.62. The maximum absolute atomic E-state index is 11.2. The van der Waals surface area contributed by atoms with Gasteiger partial charge in [0.05, 0.1) is 24.2 Å². The average molecular weight is 281 g/mol. The Morgan fingerprint density at radius 1 is 1.55 bits per heavy atom. The molecule has 7 nitrogen and oxygen atoms in total. The molecule has 1 aromatic heterocycles. The monoisotopic (exact) mass is 281 g/mol. The number of aliphatic hydroxyl groups excluding tert-OH is 1. The number of nitrogens with zero attached hydrogens (tertiary/aromatic N) is 3. The Morgan fingerprint density at radius 2 is 2.25 bits per heavy atom. The van der Waals surface area contributed by atoms with Gasteiger partial charge in [-0.15, -0.1) is 0 Å². The molecule has 1 aliphatic rings. The number of pyridine rings is 1. The number of ether oxygens (including phenoxy) is 1. The highest BCUT2D eigenvalue weighted by molar-refractivity contribution is 5.61. The summed E-state index contributed by atoms with van der Waals surface area (Å²) >= 11 is 0. The molecule has 2 rings (SSSR count). The molecule has 2 heterocycles. The number of hydrogen-bond donors (Lipinski definition) is 1. The molecule has 0 unspecified atom stereocenters.